The first-order valence-corrected chi connectivity index (χ1v) is 6.43. The van der Waals surface area contributed by atoms with Crippen LogP contribution in [0.25, 0.3) is 0 Å². The Labute approximate surface area is 119 Å². The summed E-state index contributed by atoms with van der Waals surface area (Å²) < 4.78 is 1.68. The van der Waals surface area contributed by atoms with Gasteiger partial charge in [0.2, 0.25) is 0 Å². The minimum absolute atomic E-state index is 0.0342. The zero-order valence-electron chi connectivity index (χ0n) is 10.4. The third-order valence-corrected chi connectivity index (χ3v) is 3.39. The van der Waals surface area contributed by atoms with Gasteiger partial charge in [0, 0.05) is 18.8 Å². The topological polar surface area (TPSA) is 92.1 Å². The molecule has 0 saturated carbocycles. The first kappa shape index (κ1) is 12.9. The number of halogens is 1. The molecule has 1 aromatic heterocycles. The highest BCUT2D eigenvalue weighted by atomic mass is 35.5. The lowest BCUT2D eigenvalue weighted by Gasteiger charge is -2.26. The molecule has 0 atom stereocenters. The first-order valence-electron chi connectivity index (χ1n) is 6.06. The van der Waals surface area contributed by atoms with Crippen LogP contribution in [-0.2, 0) is 0 Å². The fraction of sp³-hybridized carbons (Fsp3) is 0.250. The van der Waals surface area contributed by atoms with Gasteiger partial charge in [-0.1, -0.05) is 16.8 Å². The minimum atomic E-state index is -0.370. The van der Waals surface area contributed by atoms with Gasteiger partial charge in [0.25, 0.3) is 5.91 Å². The Bertz CT molecular complexity index is 653. The van der Waals surface area contributed by atoms with Gasteiger partial charge >= 0.3 is 0 Å². The average Bonchev–Trinajstić information content (AvgIpc) is 2.81. The molecule has 0 bridgehead atoms. The molecule has 20 heavy (non-hydrogen) atoms. The SMILES string of the molecule is O=C(Nc1ccc(O)c(Cl)c1)c1cn(C2CNC2)nn1. The second kappa shape index (κ2) is 5.10. The highest BCUT2D eigenvalue weighted by Crippen LogP contribution is 2.26. The molecule has 1 saturated heterocycles. The molecule has 1 aliphatic heterocycles. The van der Waals surface area contributed by atoms with Gasteiger partial charge in [-0.25, -0.2) is 4.68 Å². The zero-order chi connectivity index (χ0) is 14.1. The maximum Gasteiger partial charge on any atom is 0.277 e. The second-order valence-corrected chi connectivity index (χ2v) is 4.92. The van der Waals surface area contributed by atoms with Crippen molar-refractivity contribution in [2.45, 2.75) is 6.04 Å². The molecule has 1 amide bonds. The lowest BCUT2D eigenvalue weighted by atomic mass is 10.2. The molecule has 1 fully saturated rings. The molecule has 104 valence electrons. The Morgan fingerprint density at radius 2 is 2.30 bits per heavy atom. The summed E-state index contributed by atoms with van der Waals surface area (Å²) >= 11 is 5.78. The Morgan fingerprint density at radius 1 is 1.50 bits per heavy atom. The van der Waals surface area contributed by atoms with Gasteiger partial charge in [-0.2, -0.15) is 0 Å². The van der Waals surface area contributed by atoms with Crippen LogP contribution >= 0.6 is 11.6 Å². The van der Waals surface area contributed by atoms with Crippen LogP contribution in [0.4, 0.5) is 5.69 Å². The van der Waals surface area contributed by atoms with Crippen LogP contribution in [0.5, 0.6) is 5.75 Å². The van der Waals surface area contributed by atoms with Crippen molar-refractivity contribution in [2.75, 3.05) is 18.4 Å². The van der Waals surface area contributed by atoms with E-state index in [1.54, 1.807) is 16.9 Å². The number of anilines is 1. The van der Waals surface area contributed by atoms with E-state index in [0.29, 0.717) is 5.69 Å². The molecule has 2 heterocycles. The van der Waals surface area contributed by atoms with Crippen molar-refractivity contribution >= 4 is 23.2 Å². The lowest BCUT2D eigenvalue weighted by Crippen LogP contribution is -2.43. The predicted octanol–water partition coefficient (Wildman–Crippen LogP) is 1.03. The molecule has 3 N–H and O–H groups in total. The van der Waals surface area contributed by atoms with Crippen molar-refractivity contribution in [3.8, 4) is 5.75 Å². The summed E-state index contributed by atoms with van der Waals surface area (Å²) in [4.78, 5) is 12.0. The van der Waals surface area contributed by atoms with Crippen LogP contribution in [0.2, 0.25) is 5.02 Å². The van der Waals surface area contributed by atoms with E-state index in [-0.39, 0.29) is 28.4 Å². The molecule has 3 rings (SSSR count). The van der Waals surface area contributed by atoms with Crippen molar-refractivity contribution < 1.29 is 9.90 Å². The van der Waals surface area contributed by atoms with E-state index >= 15 is 0 Å². The Kier molecular flexibility index (Phi) is 3.29. The second-order valence-electron chi connectivity index (χ2n) is 4.52. The molecule has 8 heteroatoms. The number of rotatable bonds is 3. The standard InChI is InChI=1S/C12H12ClN5O2/c13-9-3-7(1-2-11(9)19)15-12(20)10-6-18(17-16-10)8-4-14-5-8/h1-3,6,8,14,19H,4-5H2,(H,15,20). The largest absolute Gasteiger partial charge is 0.506 e. The fourth-order valence-electron chi connectivity index (χ4n) is 1.80. The minimum Gasteiger partial charge on any atom is -0.506 e. The fourth-order valence-corrected chi connectivity index (χ4v) is 1.98. The first-order chi connectivity index (χ1) is 9.63. The van der Waals surface area contributed by atoms with Crippen LogP contribution in [0, 0.1) is 0 Å². The zero-order valence-corrected chi connectivity index (χ0v) is 11.1. The number of nitrogens with one attached hydrogen (secondary N) is 2. The maximum atomic E-state index is 12.0. The van der Waals surface area contributed by atoms with Crippen molar-refractivity contribution in [3.63, 3.8) is 0 Å². The molecule has 7 nitrogen and oxygen atoms in total. The monoisotopic (exact) mass is 293 g/mol. The number of amides is 1. The van der Waals surface area contributed by atoms with Crippen LogP contribution in [0.3, 0.4) is 0 Å². The van der Waals surface area contributed by atoms with Gasteiger partial charge in [-0.3, -0.25) is 4.79 Å². The summed E-state index contributed by atoms with van der Waals surface area (Å²) in [5.74, 6) is -0.404. The number of nitrogens with zero attached hydrogens (tertiary/aromatic N) is 3. The predicted molar refractivity (Wildman–Crippen MR) is 73.0 cm³/mol. The normalized spacial score (nSPS) is 14.8. The number of hydrogen-bond acceptors (Lipinski definition) is 5. The van der Waals surface area contributed by atoms with Crippen LogP contribution in [0.1, 0.15) is 16.5 Å². The smallest absolute Gasteiger partial charge is 0.277 e. The number of phenolic OH excluding ortho intramolecular Hbond substituents is 1. The van der Waals surface area contributed by atoms with Gasteiger partial charge in [0.1, 0.15) is 5.75 Å². The van der Waals surface area contributed by atoms with Crippen LogP contribution in [-0.4, -0.2) is 39.1 Å². The van der Waals surface area contributed by atoms with E-state index in [1.807, 2.05) is 0 Å². The van der Waals surface area contributed by atoms with Crippen molar-refractivity contribution in [3.05, 3.63) is 35.1 Å². The quantitative estimate of drug-likeness (QED) is 0.735. The molecular formula is C12H12ClN5O2. The third-order valence-electron chi connectivity index (χ3n) is 3.08. The van der Waals surface area contributed by atoms with Crippen molar-refractivity contribution in [2.24, 2.45) is 0 Å². The lowest BCUT2D eigenvalue weighted by molar-refractivity contribution is 0.102. The highest BCUT2D eigenvalue weighted by molar-refractivity contribution is 6.32. The summed E-state index contributed by atoms with van der Waals surface area (Å²) in [6.07, 6.45) is 1.61. The number of carbonyl (C=O) groups is 1. The summed E-state index contributed by atoms with van der Waals surface area (Å²) in [6.45, 7) is 1.66. The maximum absolute atomic E-state index is 12.0. The molecule has 1 aliphatic rings. The molecule has 0 radical (unpaired) electrons. The van der Waals surface area contributed by atoms with Gasteiger partial charge < -0.3 is 15.7 Å². The van der Waals surface area contributed by atoms with Crippen LogP contribution < -0.4 is 10.6 Å². The Morgan fingerprint density at radius 3 is 2.95 bits per heavy atom. The van der Waals surface area contributed by atoms with E-state index in [9.17, 15) is 9.90 Å². The molecule has 0 aliphatic carbocycles. The van der Waals surface area contributed by atoms with E-state index in [4.69, 9.17) is 11.6 Å². The summed E-state index contributed by atoms with van der Waals surface area (Å²) in [5, 5.41) is 23.0. The van der Waals surface area contributed by atoms with E-state index < -0.39 is 0 Å². The third kappa shape index (κ3) is 2.45. The number of benzene rings is 1. The van der Waals surface area contributed by atoms with Crippen molar-refractivity contribution in [1.29, 1.82) is 0 Å². The Hall–Kier alpha value is -2.12. The number of carbonyl (C=O) groups excluding carboxylic acids is 1. The van der Waals surface area contributed by atoms with E-state index in [0.717, 1.165) is 13.1 Å². The number of aromatic nitrogens is 3. The van der Waals surface area contributed by atoms with E-state index in [1.165, 1.54) is 12.1 Å². The van der Waals surface area contributed by atoms with Gasteiger partial charge in [0.05, 0.1) is 17.3 Å². The molecular weight excluding hydrogens is 282 g/mol. The number of aromatic hydroxyl groups is 1. The summed E-state index contributed by atoms with van der Waals surface area (Å²) in [6, 6.07) is 4.69. The van der Waals surface area contributed by atoms with Crippen molar-refractivity contribution in [1.82, 2.24) is 20.3 Å². The number of phenols is 1. The highest BCUT2D eigenvalue weighted by Gasteiger charge is 2.21. The van der Waals surface area contributed by atoms with Gasteiger partial charge in [-0.15, -0.1) is 5.10 Å². The summed E-state index contributed by atoms with van der Waals surface area (Å²) in [5.41, 5.74) is 0.721. The van der Waals surface area contributed by atoms with E-state index in [2.05, 4.69) is 20.9 Å². The molecule has 0 spiro atoms. The van der Waals surface area contributed by atoms with Gasteiger partial charge in [0.15, 0.2) is 5.69 Å². The molecule has 2 aromatic rings. The molecule has 0 unspecified atom stereocenters. The molecule has 1 aromatic carbocycles. The number of hydrogen-bond donors (Lipinski definition) is 3. The van der Waals surface area contributed by atoms with Gasteiger partial charge in [-0.05, 0) is 18.2 Å². The Balaban J connectivity index is 1.71. The average molecular weight is 294 g/mol. The van der Waals surface area contributed by atoms with Crippen LogP contribution in [0.15, 0.2) is 24.4 Å². The summed E-state index contributed by atoms with van der Waals surface area (Å²) in [7, 11) is 0.